The molecule has 33 heavy (non-hydrogen) atoms. The Bertz CT molecular complexity index is 1120. The van der Waals surface area contributed by atoms with Crippen molar-refractivity contribution in [2.45, 2.75) is 46.1 Å². The number of aliphatic hydroxyl groups excluding tert-OH is 1. The number of aromatic nitrogens is 1. The normalized spacial score (nSPS) is 18.2. The molecule has 0 saturated heterocycles. The lowest BCUT2D eigenvalue weighted by molar-refractivity contribution is -0.110. The van der Waals surface area contributed by atoms with Gasteiger partial charge < -0.3 is 25.6 Å². The number of hydrogen-bond donors (Lipinski definition) is 4. The number of hydrogen-bond acceptors (Lipinski definition) is 4. The first-order valence-corrected chi connectivity index (χ1v) is 12.0. The summed E-state index contributed by atoms with van der Waals surface area (Å²) < 4.78 is 0. The molecular formula is C25H31ClN4O3. The number of aliphatic hydroxyl groups is 1. The minimum absolute atomic E-state index is 0.145. The summed E-state index contributed by atoms with van der Waals surface area (Å²) in [6.07, 6.45) is 1.71. The third kappa shape index (κ3) is 4.58. The number of carbonyl (C=O) groups excluding carboxylic acids is 2. The molecule has 0 spiro atoms. The molecular weight excluding hydrogens is 440 g/mol. The number of amides is 2. The maximum Gasteiger partial charge on any atom is 0.256 e. The number of aryl methyl sites for hydroxylation is 1. The van der Waals surface area contributed by atoms with E-state index < -0.39 is 6.10 Å². The van der Waals surface area contributed by atoms with Gasteiger partial charge in [0.2, 0.25) is 0 Å². The van der Waals surface area contributed by atoms with Crippen molar-refractivity contribution < 1.29 is 14.7 Å². The van der Waals surface area contributed by atoms with Crippen LogP contribution in [0.5, 0.6) is 0 Å². The van der Waals surface area contributed by atoms with Gasteiger partial charge in [0, 0.05) is 40.8 Å². The summed E-state index contributed by atoms with van der Waals surface area (Å²) in [5.74, 6) is -0.345. The van der Waals surface area contributed by atoms with Crippen LogP contribution in [0.3, 0.4) is 0 Å². The van der Waals surface area contributed by atoms with E-state index in [9.17, 15) is 14.7 Å². The molecule has 0 radical (unpaired) electrons. The number of anilines is 1. The second-order valence-corrected chi connectivity index (χ2v) is 9.12. The van der Waals surface area contributed by atoms with Gasteiger partial charge in [-0.1, -0.05) is 25.4 Å². The lowest BCUT2D eigenvalue weighted by atomic mass is 9.86. The highest BCUT2D eigenvalue weighted by atomic mass is 35.5. The van der Waals surface area contributed by atoms with E-state index in [2.05, 4.69) is 20.5 Å². The zero-order chi connectivity index (χ0) is 23.7. The van der Waals surface area contributed by atoms with Gasteiger partial charge in [-0.2, -0.15) is 0 Å². The van der Waals surface area contributed by atoms with Crippen LogP contribution in [-0.2, 0) is 11.2 Å². The predicted molar refractivity (Wildman–Crippen MR) is 131 cm³/mol. The highest BCUT2D eigenvalue weighted by molar-refractivity contribution is 6.38. The summed E-state index contributed by atoms with van der Waals surface area (Å²) in [6.45, 7) is 8.39. The van der Waals surface area contributed by atoms with Crippen LogP contribution < -0.4 is 10.6 Å². The van der Waals surface area contributed by atoms with Gasteiger partial charge in [0.25, 0.3) is 11.8 Å². The van der Waals surface area contributed by atoms with E-state index in [1.165, 1.54) is 0 Å². The van der Waals surface area contributed by atoms with Crippen LogP contribution in [0.25, 0.3) is 11.1 Å². The second kappa shape index (κ2) is 9.71. The third-order valence-corrected chi connectivity index (χ3v) is 6.80. The molecule has 0 fully saturated rings. The Kier molecular flexibility index (Phi) is 6.93. The molecule has 7 nitrogen and oxygen atoms in total. The zero-order valence-corrected chi connectivity index (χ0v) is 20.1. The molecule has 1 aromatic heterocycles. The van der Waals surface area contributed by atoms with Crippen LogP contribution in [0.1, 0.15) is 59.6 Å². The molecule has 8 heteroatoms. The topological polar surface area (TPSA) is 97.5 Å². The van der Waals surface area contributed by atoms with E-state index in [4.69, 9.17) is 11.6 Å². The van der Waals surface area contributed by atoms with Crippen molar-refractivity contribution in [3.05, 3.63) is 51.3 Å². The molecule has 2 aromatic rings. The number of benzene rings is 1. The molecule has 176 valence electrons. The van der Waals surface area contributed by atoms with Crippen molar-refractivity contribution in [2.24, 2.45) is 0 Å². The van der Waals surface area contributed by atoms with Crippen molar-refractivity contribution >= 4 is 40.2 Å². The number of likely N-dealkylation sites (N-methyl/N-ethyl adjacent to an activating group) is 1. The molecule has 1 unspecified atom stereocenters. The van der Waals surface area contributed by atoms with Gasteiger partial charge in [0.05, 0.1) is 17.2 Å². The fourth-order valence-corrected chi connectivity index (χ4v) is 5.06. The van der Waals surface area contributed by atoms with E-state index in [1.807, 2.05) is 32.9 Å². The zero-order valence-electron chi connectivity index (χ0n) is 19.3. The van der Waals surface area contributed by atoms with Crippen LogP contribution in [0.4, 0.5) is 5.69 Å². The number of fused-ring (bicyclic) bond motifs is 2. The Hall–Kier alpha value is -2.61. The number of carbonyl (C=O) groups is 2. The van der Waals surface area contributed by atoms with E-state index in [-0.39, 0.29) is 18.4 Å². The monoisotopic (exact) mass is 470 g/mol. The smallest absolute Gasteiger partial charge is 0.256 e. The van der Waals surface area contributed by atoms with Crippen molar-refractivity contribution in [2.75, 3.05) is 31.5 Å². The Balaban J connectivity index is 1.62. The van der Waals surface area contributed by atoms with Gasteiger partial charge in [-0.15, -0.1) is 0 Å². The van der Waals surface area contributed by atoms with E-state index in [1.54, 1.807) is 6.07 Å². The Morgan fingerprint density at radius 3 is 2.76 bits per heavy atom. The second-order valence-electron chi connectivity index (χ2n) is 8.68. The maximum atomic E-state index is 13.1. The Labute approximate surface area is 199 Å². The van der Waals surface area contributed by atoms with E-state index in [0.717, 1.165) is 66.1 Å². The molecule has 4 rings (SSSR count). The van der Waals surface area contributed by atoms with Crippen LogP contribution in [0.15, 0.2) is 18.2 Å². The minimum atomic E-state index is -0.634. The summed E-state index contributed by atoms with van der Waals surface area (Å²) in [7, 11) is 0. The molecule has 2 amide bonds. The fourth-order valence-electron chi connectivity index (χ4n) is 4.89. The molecule has 0 bridgehead atoms. The Morgan fingerprint density at radius 2 is 2.03 bits per heavy atom. The molecule has 2 aliphatic rings. The van der Waals surface area contributed by atoms with E-state index in [0.29, 0.717) is 22.7 Å². The SMILES string of the molecule is CCN(CC)CC(O)CNC(=O)c1c(C)[nH]c2c1CCCC2=C1C(=O)Nc2ccc(Cl)cc21. The van der Waals surface area contributed by atoms with Gasteiger partial charge in [0.1, 0.15) is 0 Å². The lowest BCUT2D eigenvalue weighted by Crippen LogP contribution is -2.40. The highest BCUT2D eigenvalue weighted by Crippen LogP contribution is 2.43. The minimum Gasteiger partial charge on any atom is -0.390 e. The number of rotatable bonds is 7. The number of aromatic amines is 1. The summed E-state index contributed by atoms with van der Waals surface area (Å²) in [6, 6.07) is 5.39. The number of H-pyrrole nitrogens is 1. The predicted octanol–water partition coefficient (Wildman–Crippen LogP) is 3.61. The van der Waals surface area contributed by atoms with Gasteiger partial charge >= 0.3 is 0 Å². The average molecular weight is 471 g/mol. The highest BCUT2D eigenvalue weighted by Gasteiger charge is 2.33. The largest absolute Gasteiger partial charge is 0.390 e. The average Bonchev–Trinajstić information content (AvgIpc) is 3.30. The molecule has 1 atom stereocenters. The summed E-state index contributed by atoms with van der Waals surface area (Å²) >= 11 is 6.21. The van der Waals surface area contributed by atoms with Crippen LogP contribution in [0, 0.1) is 6.92 Å². The fraction of sp³-hybridized carbons (Fsp3) is 0.440. The maximum absolute atomic E-state index is 13.1. The van der Waals surface area contributed by atoms with Crippen molar-refractivity contribution in [3.63, 3.8) is 0 Å². The van der Waals surface area contributed by atoms with Crippen LogP contribution in [0.2, 0.25) is 5.02 Å². The quantitative estimate of drug-likeness (QED) is 0.465. The number of halogens is 1. The molecule has 1 aliphatic carbocycles. The number of allylic oxidation sites excluding steroid dienone is 1. The standard InChI is InChI=1S/C25H31ClN4O3/c1-4-30(5-2)13-16(31)12-27-24(32)21-14(3)28-23-17(21)7-6-8-18(23)22-19-11-15(26)9-10-20(19)29-25(22)33/h9-11,16,28,31H,4-8,12-13H2,1-3H3,(H,27,32)(H,29,33). The Morgan fingerprint density at radius 1 is 1.27 bits per heavy atom. The van der Waals surface area contributed by atoms with E-state index >= 15 is 0 Å². The molecule has 1 aromatic carbocycles. The van der Waals surface area contributed by atoms with Gasteiger partial charge in [-0.3, -0.25) is 9.59 Å². The number of nitrogens with zero attached hydrogens (tertiary/aromatic N) is 1. The van der Waals surface area contributed by atoms with Gasteiger partial charge in [0.15, 0.2) is 0 Å². The molecule has 2 heterocycles. The van der Waals surface area contributed by atoms with Crippen molar-refractivity contribution in [3.8, 4) is 0 Å². The van der Waals surface area contributed by atoms with Crippen molar-refractivity contribution in [1.29, 1.82) is 0 Å². The van der Waals surface area contributed by atoms with Gasteiger partial charge in [-0.05, 0) is 68.6 Å². The summed E-state index contributed by atoms with van der Waals surface area (Å²) in [4.78, 5) is 31.4. The number of nitrogens with one attached hydrogen (secondary N) is 3. The van der Waals surface area contributed by atoms with Crippen LogP contribution in [-0.4, -0.2) is 59.1 Å². The van der Waals surface area contributed by atoms with Crippen molar-refractivity contribution in [1.82, 2.24) is 15.2 Å². The molecule has 0 saturated carbocycles. The first-order chi connectivity index (χ1) is 15.8. The first-order valence-electron chi connectivity index (χ1n) is 11.6. The first kappa shape index (κ1) is 23.5. The molecule has 4 N–H and O–H groups in total. The summed E-state index contributed by atoms with van der Waals surface area (Å²) in [5.41, 5.74) is 6.25. The summed E-state index contributed by atoms with van der Waals surface area (Å²) in [5, 5.41) is 16.7. The third-order valence-electron chi connectivity index (χ3n) is 6.56. The van der Waals surface area contributed by atoms with Crippen LogP contribution >= 0.6 is 11.6 Å². The molecule has 1 aliphatic heterocycles. The van der Waals surface area contributed by atoms with Gasteiger partial charge in [-0.25, -0.2) is 0 Å². The lowest BCUT2D eigenvalue weighted by Gasteiger charge is -2.22.